The third kappa shape index (κ3) is 3.50. The van der Waals surface area contributed by atoms with Crippen LogP contribution in [0.15, 0.2) is 0 Å². The summed E-state index contributed by atoms with van der Waals surface area (Å²) in [6, 6.07) is 0. The fourth-order valence-electron chi connectivity index (χ4n) is 3.49. The molecule has 0 aromatic carbocycles. The number of hydrogen-bond donors (Lipinski definition) is 4. The zero-order valence-electron chi connectivity index (χ0n) is 12.3. The molecule has 1 saturated heterocycles. The lowest BCUT2D eigenvalue weighted by Gasteiger charge is -2.43. The normalized spacial score (nSPS) is 45.9. The summed E-state index contributed by atoms with van der Waals surface area (Å²) in [5, 5.41) is 39.0. The van der Waals surface area contributed by atoms with E-state index in [0.29, 0.717) is 0 Å². The van der Waals surface area contributed by atoms with Gasteiger partial charge in [0.15, 0.2) is 0 Å². The van der Waals surface area contributed by atoms with Crippen molar-refractivity contribution >= 4 is 11.8 Å². The van der Waals surface area contributed by atoms with Gasteiger partial charge in [0, 0.05) is 5.25 Å². The van der Waals surface area contributed by atoms with E-state index in [0.717, 1.165) is 25.7 Å². The van der Waals surface area contributed by atoms with Gasteiger partial charge in [-0.2, -0.15) is 0 Å². The number of aliphatic hydroxyl groups excluding tert-OH is 4. The minimum Gasteiger partial charge on any atom is -0.395 e. The summed E-state index contributed by atoms with van der Waals surface area (Å²) in [6.45, 7) is 4.31. The first kappa shape index (κ1) is 16.6. The van der Waals surface area contributed by atoms with Crippen molar-refractivity contribution in [3.8, 4) is 0 Å². The molecule has 2 aliphatic rings. The number of aliphatic hydroxyl groups is 4. The van der Waals surface area contributed by atoms with Crippen LogP contribution in [0, 0.1) is 17.8 Å². The smallest absolute Gasteiger partial charge is 0.108 e. The Kier molecular flexibility index (Phi) is 5.40. The van der Waals surface area contributed by atoms with E-state index in [4.69, 9.17) is 0 Å². The Bertz CT molecular complexity index is 321. The monoisotopic (exact) mass is 303 g/mol. The second-order valence-corrected chi connectivity index (χ2v) is 8.41. The van der Waals surface area contributed by atoms with Gasteiger partial charge in [-0.1, -0.05) is 13.8 Å². The predicted molar refractivity (Wildman–Crippen MR) is 80.3 cm³/mol. The molecular formula is C15H27O4S. The van der Waals surface area contributed by atoms with Crippen molar-refractivity contribution in [2.75, 3.05) is 6.61 Å². The third-order valence-electron chi connectivity index (χ3n) is 4.70. The summed E-state index contributed by atoms with van der Waals surface area (Å²) in [7, 11) is 0. The van der Waals surface area contributed by atoms with Gasteiger partial charge in [0.05, 0.1) is 24.1 Å². The van der Waals surface area contributed by atoms with Gasteiger partial charge in [-0.15, -0.1) is 11.8 Å². The zero-order valence-corrected chi connectivity index (χ0v) is 13.1. The summed E-state index contributed by atoms with van der Waals surface area (Å²) < 4.78 is 0. The van der Waals surface area contributed by atoms with Crippen LogP contribution in [-0.4, -0.2) is 55.8 Å². The molecule has 2 rings (SSSR count). The van der Waals surface area contributed by atoms with Crippen molar-refractivity contribution in [2.24, 2.45) is 11.3 Å². The molecule has 20 heavy (non-hydrogen) atoms. The van der Waals surface area contributed by atoms with Crippen LogP contribution in [0.2, 0.25) is 0 Å². The Balaban J connectivity index is 2.13. The fraction of sp³-hybridized carbons (Fsp3) is 0.933. The van der Waals surface area contributed by atoms with Crippen LogP contribution >= 0.6 is 11.8 Å². The summed E-state index contributed by atoms with van der Waals surface area (Å²) in [5.74, 6) is 0.281. The molecule has 1 saturated carbocycles. The Hall–Kier alpha value is 0.190. The molecular weight excluding hydrogens is 276 g/mol. The molecule has 1 radical (unpaired) electrons. The molecule has 117 valence electrons. The maximum atomic E-state index is 10.3. The van der Waals surface area contributed by atoms with E-state index in [1.807, 2.05) is 0 Å². The first-order chi connectivity index (χ1) is 9.35. The van der Waals surface area contributed by atoms with Crippen LogP contribution < -0.4 is 0 Å². The largest absolute Gasteiger partial charge is 0.395 e. The maximum absolute atomic E-state index is 10.3. The van der Waals surface area contributed by atoms with Crippen molar-refractivity contribution in [3.63, 3.8) is 0 Å². The lowest BCUT2D eigenvalue weighted by atomic mass is 9.78. The molecule has 2 fully saturated rings. The molecule has 0 amide bonds. The van der Waals surface area contributed by atoms with Crippen LogP contribution in [0.25, 0.3) is 0 Å². The van der Waals surface area contributed by atoms with Crippen LogP contribution in [0.4, 0.5) is 0 Å². The molecule has 4 nitrogen and oxygen atoms in total. The SMILES string of the molecule is CC1(C)CC[CH]CC([C@@H]2S[C@H](CO)[C@H](O)[C@H](O)[C@H]2O)C1. The molecule has 4 N–H and O–H groups in total. The van der Waals surface area contributed by atoms with E-state index in [1.54, 1.807) is 0 Å². The van der Waals surface area contributed by atoms with E-state index in [9.17, 15) is 20.4 Å². The summed E-state index contributed by atoms with van der Waals surface area (Å²) in [5.41, 5.74) is 0.230. The minimum atomic E-state index is -1.16. The average Bonchev–Trinajstić information content (AvgIpc) is 2.57. The van der Waals surface area contributed by atoms with Crippen molar-refractivity contribution < 1.29 is 20.4 Å². The highest BCUT2D eigenvalue weighted by Crippen LogP contribution is 2.45. The standard InChI is InChI=1S/C15H27O4S/c1-15(2)6-4-3-5-9(7-15)14-13(19)12(18)11(17)10(8-16)20-14/h3,9-14,16-19H,4-8H2,1-2H3/t9?,10-,11+,12+,13-,14+/m1/s1. The lowest BCUT2D eigenvalue weighted by Crippen LogP contribution is -2.56. The van der Waals surface area contributed by atoms with Crippen LogP contribution in [0.3, 0.4) is 0 Å². The van der Waals surface area contributed by atoms with E-state index >= 15 is 0 Å². The second kappa shape index (κ2) is 6.53. The van der Waals surface area contributed by atoms with Gasteiger partial charge in [0.25, 0.3) is 0 Å². The number of hydrogen-bond acceptors (Lipinski definition) is 5. The molecule has 0 bridgehead atoms. The van der Waals surface area contributed by atoms with Gasteiger partial charge in [0.1, 0.15) is 6.10 Å². The molecule has 1 aliphatic carbocycles. The molecule has 1 unspecified atom stereocenters. The minimum absolute atomic E-state index is 0.126. The van der Waals surface area contributed by atoms with Crippen molar-refractivity contribution in [1.82, 2.24) is 0 Å². The molecule has 5 heteroatoms. The molecule has 6 atom stereocenters. The topological polar surface area (TPSA) is 80.9 Å². The Morgan fingerprint density at radius 1 is 1.15 bits per heavy atom. The summed E-state index contributed by atoms with van der Waals surface area (Å²) in [4.78, 5) is 0. The highest BCUT2D eigenvalue weighted by Gasteiger charge is 2.46. The third-order valence-corrected chi connectivity index (χ3v) is 6.46. The number of thioether (sulfide) groups is 1. The molecule has 0 aromatic heterocycles. The van der Waals surface area contributed by atoms with Gasteiger partial charge >= 0.3 is 0 Å². The van der Waals surface area contributed by atoms with Gasteiger partial charge in [0.2, 0.25) is 0 Å². The average molecular weight is 303 g/mol. The van der Waals surface area contributed by atoms with Gasteiger partial charge in [-0.05, 0) is 43.4 Å². The maximum Gasteiger partial charge on any atom is 0.108 e. The van der Waals surface area contributed by atoms with Crippen LogP contribution in [-0.2, 0) is 0 Å². The Morgan fingerprint density at radius 2 is 1.85 bits per heavy atom. The fourth-order valence-corrected chi connectivity index (χ4v) is 5.05. The van der Waals surface area contributed by atoms with E-state index in [2.05, 4.69) is 20.3 Å². The quantitative estimate of drug-likeness (QED) is 0.572. The van der Waals surface area contributed by atoms with Gasteiger partial charge in [-0.25, -0.2) is 0 Å². The van der Waals surface area contributed by atoms with E-state index in [1.165, 1.54) is 11.8 Å². The van der Waals surface area contributed by atoms with Gasteiger partial charge < -0.3 is 20.4 Å². The predicted octanol–water partition coefficient (Wildman–Crippen LogP) is 0.966. The van der Waals surface area contributed by atoms with Crippen molar-refractivity contribution in [3.05, 3.63) is 6.42 Å². The van der Waals surface area contributed by atoms with Crippen molar-refractivity contribution in [1.29, 1.82) is 0 Å². The van der Waals surface area contributed by atoms with Gasteiger partial charge in [-0.3, -0.25) is 0 Å². The molecule has 0 aromatic rings. The highest BCUT2D eigenvalue weighted by atomic mass is 32.2. The molecule has 1 aliphatic heterocycles. The first-order valence-electron chi connectivity index (χ1n) is 7.48. The van der Waals surface area contributed by atoms with Crippen molar-refractivity contribution in [2.45, 2.75) is 68.3 Å². The summed E-state index contributed by atoms with van der Waals surface area (Å²) in [6.07, 6.45) is 3.29. The van der Waals surface area contributed by atoms with Crippen LogP contribution in [0.1, 0.15) is 39.5 Å². The molecule has 1 heterocycles. The van der Waals surface area contributed by atoms with E-state index in [-0.39, 0.29) is 23.2 Å². The Labute approximate surface area is 125 Å². The number of rotatable bonds is 2. The van der Waals surface area contributed by atoms with Crippen LogP contribution in [0.5, 0.6) is 0 Å². The lowest BCUT2D eigenvalue weighted by molar-refractivity contribution is -0.0757. The first-order valence-corrected chi connectivity index (χ1v) is 8.42. The second-order valence-electron chi connectivity index (χ2n) is 6.98. The van der Waals surface area contributed by atoms with E-state index < -0.39 is 23.6 Å². The molecule has 0 spiro atoms. The summed E-state index contributed by atoms with van der Waals surface area (Å²) >= 11 is 1.44. The Morgan fingerprint density at radius 3 is 2.50 bits per heavy atom. The zero-order chi connectivity index (χ0) is 14.9. The highest BCUT2D eigenvalue weighted by molar-refractivity contribution is 8.00.